The molecule has 1 fully saturated rings. The van der Waals surface area contributed by atoms with Gasteiger partial charge in [0, 0.05) is 64.3 Å². The molecule has 7 heteroatoms. The van der Waals surface area contributed by atoms with Gasteiger partial charge in [0.15, 0.2) is 5.96 Å². The first-order valence-electron chi connectivity index (χ1n) is 8.87. The van der Waals surface area contributed by atoms with Gasteiger partial charge in [0.1, 0.15) is 0 Å². The van der Waals surface area contributed by atoms with E-state index in [2.05, 4.69) is 36.9 Å². The molecule has 2 aliphatic rings. The number of hydrogen-bond donors (Lipinski definition) is 2. The third kappa shape index (κ3) is 5.17. The Morgan fingerprint density at radius 3 is 2.67 bits per heavy atom. The van der Waals surface area contributed by atoms with E-state index in [1.807, 2.05) is 18.4 Å². The van der Waals surface area contributed by atoms with Crippen molar-refractivity contribution in [2.45, 2.75) is 13.0 Å². The van der Waals surface area contributed by atoms with Crippen molar-refractivity contribution in [3.63, 3.8) is 0 Å². The molecule has 0 unspecified atom stereocenters. The summed E-state index contributed by atoms with van der Waals surface area (Å²) in [4.78, 5) is 10.8. The first-order chi connectivity index (χ1) is 11.8. The molecule has 0 bridgehead atoms. The van der Waals surface area contributed by atoms with Crippen molar-refractivity contribution < 1.29 is 4.74 Å². The summed E-state index contributed by atoms with van der Waals surface area (Å²) in [5.41, 5.74) is 1.51. The Morgan fingerprint density at radius 1 is 1.17 bits per heavy atom. The number of aliphatic imine (C=N–C) groups is 1. The topological polar surface area (TPSA) is 52.1 Å². The maximum Gasteiger partial charge on any atom is 0.191 e. The van der Waals surface area contributed by atoms with Gasteiger partial charge in [-0.15, -0.1) is 11.3 Å². The fourth-order valence-corrected chi connectivity index (χ4v) is 4.10. The van der Waals surface area contributed by atoms with Gasteiger partial charge in [-0.25, -0.2) is 0 Å². The molecule has 3 rings (SSSR count). The Bertz CT molecular complexity index is 527. The van der Waals surface area contributed by atoms with Crippen molar-refractivity contribution in [3.05, 3.63) is 21.9 Å². The lowest BCUT2D eigenvalue weighted by Crippen LogP contribution is -2.46. The van der Waals surface area contributed by atoms with Crippen molar-refractivity contribution in [3.8, 4) is 0 Å². The molecule has 0 aliphatic carbocycles. The first-order valence-corrected chi connectivity index (χ1v) is 9.75. The quantitative estimate of drug-likeness (QED) is 0.581. The standard InChI is InChI=1S/C17H29N5OS/c1-18-17(19-4-7-21-9-11-23-12-10-21)20-5-8-22-6-2-16-15(14-22)3-13-24-16/h3,13H,2,4-12,14H2,1H3,(H2,18,19,20). The number of guanidine groups is 1. The highest BCUT2D eigenvalue weighted by Gasteiger charge is 2.16. The molecule has 0 amide bonds. The number of thiophene rings is 1. The van der Waals surface area contributed by atoms with E-state index < -0.39 is 0 Å². The highest BCUT2D eigenvalue weighted by atomic mass is 32.1. The molecule has 1 aromatic heterocycles. The normalized spacial score (nSPS) is 20.0. The fraction of sp³-hybridized carbons (Fsp3) is 0.706. The molecule has 6 nitrogen and oxygen atoms in total. The SMILES string of the molecule is CN=C(NCCN1CCOCC1)NCCN1CCc2sccc2C1. The molecule has 1 aromatic rings. The van der Waals surface area contributed by atoms with Gasteiger partial charge in [0.05, 0.1) is 13.2 Å². The molecular formula is C17H29N5OS. The zero-order valence-electron chi connectivity index (χ0n) is 14.6. The maximum absolute atomic E-state index is 5.37. The van der Waals surface area contributed by atoms with Crippen LogP contribution in [0.25, 0.3) is 0 Å². The van der Waals surface area contributed by atoms with Crippen molar-refractivity contribution in [1.82, 2.24) is 20.4 Å². The molecule has 0 atom stereocenters. The van der Waals surface area contributed by atoms with Crippen LogP contribution in [0.5, 0.6) is 0 Å². The Kier molecular flexibility index (Phi) is 6.89. The molecule has 1 saturated heterocycles. The number of hydrogen-bond acceptors (Lipinski definition) is 5. The van der Waals surface area contributed by atoms with Gasteiger partial charge in [-0.2, -0.15) is 0 Å². The highest BCUT2D eigenvalue weighted by Crippen LogP contribution is 2.23. The van der Waals surface area contributed by atoms with E-state index in [9.17, 15) is 0 Å². The second-order valence-electron chi connectivity index (χ2n) is 6.27. The zero-order valence-corrected chi connectivity index (χ0v) is 15.4. The third-order valence-electron chi connectivity index (χ3n) is 4.65. The Hall–Kier alpha value is -1.15. The van der Waals surface area contributed by atoms with Crippen LogP contribution in [-0.2, 0) is 17.7 Å². The van der Waals surface area contributed by atoms with Crippen LogP contribution in [0.4, 0.5) is 0 Å². The Labute approximate surface area is 148 Å². The number of nitrogens with one attached hydrogen (secondary N) is 2. The van der Waals surface area contributed by atoms with E-state index in [1.165, 1.54) is 12.0 Å². The van der Waals surface area contributed by atoms with Gasteiger partial charge in [0.2, 0.25) is 0 Å². The molecule has 2 N–H and O–H groups in total. The monoisotopic (exact) mass is 351 g/mol. The van der Waals surface area contributed by atoms with Crippen LogP contribution in [-0.4, -0.2) is 81.8 Å². The summed E-state index contributed by atoms with van der Waals surface area (Å²) in [6, 6.07) is 2.27. The summed E-state index contributed by atoms with van der Waals surface area (Å²) in [6.07, 6.45) is 1.19. The van der Waals surface area contributed by atoms with Crippen molar-refractivity contribution >= 4 is 17.3 Å². The lowest BCUT2D eigenvalue weighted by atomic mass is 10.1. The summed E-state index contributed by atoms with van der Waals surface area (Å²) < 4.78 is 5.37. The van der Waals surface area contributed by atoms with E-state index in [-0.39, 0.29) is 0 Å². The lowest BCUT2D eigenvalue weighted by molar-refractivity contribution is 0.0389. The predicted molar refractivity (Wildman–Crippen MR) is 99.9 cm³/mol. The summed E-state index contributed by atoms with van der Waals surface area (Å²) in [5.74, 6) is 0.900. The predicted octanol–water partition coefficient (Wildman–Crippen LogP) is 0.603. The molecule has 0 aromatic carbocycles. The summed E-state index contributed by atoms with van der Waals surface area (Å²) in [7, 11) is 1.84. The number of ether oxygens (including phenoxy) is 1. The van der Waals surface area contributed by atoms with E-state index >= 15 is 0 Å². The van der Waals surface area contributed by atoms with Crippen LogP contribution in [0.3, 0.4) is 0 Å². The number of fused-ring (bicyclic) bond motifs is 1. The van der Waals surface area contributed by atoms with Crippen molar-refractivity contribution in [2.75, 3.05) is 66.1 Å². The van der Waals surface area contributed by atoms with E-state index in [0.717, 1.165) is 71.5 Å². The van der Waals surface area contributed by atoms with Crippen LogP contribution < -0.4 is 10.6 Å². The minimum absolute atomic E-state index is 0.856. The average Bonchev–Trinajstić information content (AvgIpc) is 3.09. The molecule has 134 valence electrons. The second kappa shape index (κ2) is 9.36. The number of rotatable bonds is 6. The molecule has 2 aliphatic heterocycles. The molecule has 0 radical (unpaired) electrons. The minimum Gasteiger partial charge on any atom is -0.379 e. The third-order valence-corrected chi connectivity index (χ3v) is 5.68. The molecule has 24 heavy (non-hydrogen) atoms. The Balaban J connectivity index is 1.30. The van der Waals surface area contributed by atoms with E-state index in [0.29, 0.717) is 0 Å². The highest BCUT2D eigenvalue weighted by molar-refractivity contribution is 7.10. The van der Waals surface area contributed by atoms with Gasteiger partial charge < -0.3 is 15.4 Å². The largest absolute Gasteiger partial charge is 0.379 e. The molecule has 0 spiro atoms. The maximum atomic E-state index is 5.37. The van der Waals surface area contributed by atoms with Crippen LogP contribution in [0.15, 0.2) is 16.4 Å². The summed E-state index contributed by atoms with van der Waals surface area (Å²) in [6.45, 7) is 9.97. The van der Waals surface area contributed by atoms with Crippen LogP contribution in [0, 0.1) is 0 Å². The molecular weight excluding hydrogens is 322 g/mol. The average molecular weight is 352 g/mol. The number of nitrogens with zero attached hydrogens (tertiary/aromatic N) is 3. The summed E-state index contributed by atoms with van der Waals surface area (Å²) in [5, 5.41) is 9.05. The van der Waals surface area contributed by atoms with Crippen molar-refractivity contribution in [1.29, 1.82) is 0 Å². The second-order valence-corrected chi connectivity index (χ2v) is 7.28. The van der Waals surface area contributed by atoms with Gasteiger partial charge >= 0.3 is 0 Å². The van der Waals surface area contributed by atoms with Crippen LogP contribution in [0.2, 0.25) is 0 Å². The lowest BCUT2D eigenvalue weighted by Gasteiger charge is -2.28. The molecule has 0 saturated carbocycles. The molecule has 3 heterocycles. The van der Waals surface area contributed by atoms with Crippen LogP contribution >= 0.6 is 11.3 Å². The van der Waals surface area contributed by atoms with Gasteiger partial charge in [0.25, 0.3) is 0 Å². The summed E-state index contributed by atoms with van der Waals surface area (Å²) >= 11 is 1.90. The van der Waals surface area contributed by atoms with Gasteiger partial charge in [-0.1, -0.05) is 0 Å². The smallest absolute Gasteiger partial charge is 0.191 e. The number of morpholine rings is 1. The first kappa shape index (κ1) is 17.7. The van der Waals surface area contributed by atoms with Gasteiger partial charge in [-0.3, -0.25) is 14.8 Å². The van der Waals surface area contributed by atoms with Gasteiger partial charge in [-0.05, 0) is 23.4 Å². The van der Waals surface area contributed by atoms with E-state index in [1.54, 1.807) is 4.88 Å². The van der Waals surface area contributed by atoms with E-state index in [4.69, 9.17) is 4.74 Å². The Morgan fingerprint density at radius 2 is 1.92 bits per heavy atom. The zero-order chi connectivity index (χ0) is 16.6. The fourth-order valence-electron chi connectivity index (χ4n) is 3.21. The van der Waals surface area contributed by atoms with Crippen LogP contribution in [0.1, 0.15) is 10.4 Å². The van der Waals surface area contributed by atoms with Crippen molar-refractivity contribution in [2.24, 2.45) is 4.99 Å². The minimum atomic E-state index is 0.856.